The summed E-state index contributed by atoms with van der Waals surface area (Å²) in [6, 6.07) is 4.50. The lowest BCUT2D eigenvalue weighted by Crippen LogP contribution is -2.23. The maximum Gasteiger partial charge on any atom is 0.303 e. The number of phenolic OH excluding ortho intramolecular Hbond substituents is 1. The van der Waals surface area contributed by atoms with E-state index in [0.717, 1.165) is 0 Å². The van der Waals surface area contributed by atoms with E-state index in [1.165, 1.54) is 18.2 Å². The van der Waals surface area contributed by atoms with Crippen molar-refractivity contribution in [2.75, 3.05) is 0 Å². The fourth-order valence-electron chi connectivity index (χ4n) is 1.20. The summed E-state index contributed by atoms with van der Waals surface area (Å²) >= 11 is 5.73. The topological polar surface area (TPSA) is 86.6 Å². The van der Waals surface area contributed by atoms with Crippen LogP contribution in [0.3, 0.4) is 0 Å². The summed E-state index contributed by atoms with van der Waals surface area (Å²) in [5, 5.41) is 20.8. The molecule has 0 bridgehead atoms. The second-order valence-corrected chi connectivity index (χ2v) is 3.88. The van der Waals surface area contributed by atoms with Crippen LogP contribution in [-0.2, 0) is 16.1 Å². The molecular weight excluding hydrogens is 246 g/mol. The summed E-state index contributed by atoms with van der Waals surface area (Å²) < 4.78 is 0. The first-order chi connectivity index (χ1) is 7.99. The summed E-state index contributed by atoms with van der Waals surface area (Å²) in [6.07, 6.45) is -0.302. The number of carbonyl (C=O) groups excluding carboxylic acids is 1. The van der Waals surface area contributed by atoms with Crippen LogP contribution >= 0.6 is 11.6 Å². The Hall–Kier alpha value is -1.75. The number of halogens is 1. The van der Waals surface area contributed by atoms with E-state index in [1.54, 1.807) is 0 Å². The number of carboxylic acid groups (broad SMARTS) is 1. The van der Waals surface area contributed by atoms with E-state index in [0.29, 0.717) is 10.6 Å². The predicted molar refractivity (Wildman–Crippen MR) is 61.8 cm³/mol. The van der Waals surface area contributed by atoms with Gasteiger partial charge in [0.2, 0.25) is 5.91 Å². The number of aromatic hydroxyl groups is 1. The molecule has 0 heterocycles. The highest BCUT2D eigenvalue weighted by Crippen LogP contribution is 2.21. The average molecular weight is 258 g/mol. The highest BCUT2D eigenvalue weighted by Gasteiger charge is 2.07. The lowest BCUT2D eigenvalue weighted by atomic mass is 10.2. The molecule has 6 heteroatoms. The number of amides is 1. The monoisotopic (exact) mass is 257 g/mol. The van der Waals surface area contributed by atoms with Gasteiger partial charge in [-0.2, -0.15) is 0 Å². The number of aliphatic carboxylic acids is 1. The smallest absolute Gasteiger partial charge is 0.303 e. The van der Waals surface area contributed by atoms with E-state index in [-0.39, 0.29) is 31.0 Å². The van der Waals surface area contributed by atoms with Gasteiger partial charge in [-0.25, -0.2) is 0 Å². The summed E-state index contributed by atoms with van der Waals surface area (Å²) in [6.45, 7) is 0.116. The van der Waals surface area contributed by atoms with Crippen LogP contribution < -0.4 is 5.32 Å². The normalized spacial score (nSPS) is 9.94. The summed E-state index contributed by atoms with van der Waals surface area (Å²) in [5.74, 6) is -1.37. The Balaban J connectivity index is 2.47. The van der Waals surface area contributed by atoms with Gasteiger partial charge < -0.3 is 15.5 Å². The van der Waals surface area contributed by atoms with Crippen LogP contribution in [0.2, 0.25) is 5.02 Å². The molecule has 1 aromatic rings. The fraction of sp³-hybridized carbons (Fsp3) is 0.273. The molecule has 0 aliphatic carbocycles. The molecule has 0 saturated carbocycles. The van der Waals surface area contributed by atoms with Crippen LogP contribution in [0.4, 0.5) is 0 Å². The van der Waals surface area contributed by atoms with Gasteiger partial charge in [-0.15, -0.1) is 0 Å². The molecule has 3 N–H and O–H groups in total. The number of hydrogen-bond acceptors (Lipinski definition) is 3. The van der Waals surface area contributed by atoms with Crippen molar-refractivity contribution >= 4 is 23.5 Å². The molecule has 1 rings (SSSR count). The second-order valence-electron chi connectivity index (χ2n) is 3.44. The third kappa shape index (κ3) is 4.74. The zero-order valence-electron chi connectivity index (χ0n) is 8.94. The Kier molecular flexibility index (Phi) is 4.78. The van der Waals surface area contributed by atoms with Crippen LogP contribution in [-0.4, -0.2) is 22.1 Å². The molecule has 17 heavy (non-hydrogen) atoms. The SMILES string of the molecule is O=C(O)CCC(=O)NCc1cc(Cl)ccc1O. The van der Waals surface area contributed by atoms with E-state index in [9.17, 15) is 14.7 Å². The van der Waals surface area contributed by atoms with Crippen molar-refractivity contribution in [1.82, 2.24) is 5.32 Å². The van der Waals surface area contributed by atoms with E-state index in [1.807, 2.05) is 0 Å². The first-order valence-electron chi connectivity index (χ1n) is 4.95. The van der Waals surface area contributed by atoms with Gasteiger partial charge in [0.1, 0.15) is 5.75 Å². The molecule has 0 aliphatic rings. The molecule has 1 aromatic carbocycles. The molecule has 92 valence electrons. The fourth-order valence-corrected chi connectivity index (χ4v) is 1.39. The van der Waals surface area contributed by atoms with E-state index >= 15 is 0 Å². The molecule has 0 aromatic heterocycles. The Bertz CT molecular complexity index is 433. The largest absolute Gasteiger partial charge is 0.508 e. The molecule has 0 aliphatic heterocycles. The van der Waals surface area contributed by atoms with Crippen molar-refractivity contribution < 1.29 is 19.8 Å². The van der Waals surface area contributed by atoms with Crippen molar-refractivity contribution in [3.05, 3.63) is 28.8 Å². The molecular formula is C11H12ClNO4. The maximum atomic E-state index is 11.2. The van der Waals surface area contributed by atoms with Gasteiger partial charge in [0.25, 0.3) is 0 Å². The van der Waals surface area contributed by atoms with Crippen molar-refractivity contribution in [2.24, 2.45) is 0 Å². The minimum Gasteiger partial charge on any atom is -0.508 e. The van der Waals surface area contributed by atoms with Crippen LogP contribution in [0.5, 0.6) is 5.75 Å². The average Bonchev–Trinajstić information content (AvgIpc) is 2.27. The minimum absolute atomic E-state index is 0.0351. The van der Waals surface area contributed by atoms with Gasteiger partial charge in [0.15, 0.2) is 0 Å². The Morgan fingerprint density at radius 1 is 1.29 bits per heavy atom. The van der Waals surface area contributed by atoms with Gasteiger partial charge in [-0.3, -0.25) is 9.59 Å². The number of carbonyl (C=O) groups is 2. The van der Waals surface area contributed by atoms with Crippen LogP contribution in [0.25, 0.3) is 0 Å². The molecule has 1 amide bonds. The van der Waals surface area contributed by atoms with Crippen LogP contribution in [0, 0.1) is 0 Å². The van der Waals surface area contributed by atoms with Crippen molar-refractivity contribution in [3.63, 3.8) is 0 Å². The van der Waals surface area contributed by atoms with Gasteiger partial charge in [0, 0.05) is 23.6 Å². The summed E-state index contributed by atoms with van der Waals surface area (Å²) in [5.41, 5.74) is 0.487. The number of hydrogen-bond donors (Lipinski definition) is 3. The van der Waals surface area contributed by atoms with E-state index in [2.05, 4.69) is 5.32 Å². The molecule has 0 radical (unpaired) electrons. The van der Waals surface area contributed by atoms with Crippen LogP contribution in [0.1, 0.15) is 18.4 Å². The summed E-state index contributed by atoms with van der Waals surface area (Å²) in [4.78, 5) is 21.5. The lowest BCUT2D eigenvalue weighted by molar-refractivity contribution is -0.138. The molecule has 5 nitrogen and oxygen atoms in total. The second kappa shape index (κ2) is 6.10. The van der Waals surface area contributed by atoms with E-state index in [4.69, 9.17) is 16.7 Å². The van der Waals surface area contributed by atoms with Gasteiger partial charge >= 0.3 is 5.97 Å². The number of rotatable bonds is 5. The molecule has 0 saturated heterocycles. The first-order valence-corrected chi connectivity index (χ1v) is 5.32. The lowest BCUT2D eigenvalue weighted by Gasteiger charge is -2.06. The van der Waals surface area contributed by atoms with Gasteiger partial charge in [-0.1, -0.05) is 11.6 Å². The number of nitrogens with one attached hydrogen (secondary N) is 1. The van der Waals surface area contributed by atoms with Crippen LogP contribution in [0.15, 0.2) is 18.2 Å². The molecule has 0 atom stereocenters. The highest BCUT2D eigenvalue weighted by atomic mass is 35.5. The number of carboxylic acids is 1. The zero-order chi connectivity index (χ0) is 12.8. The molecule has 0 fully saturated rings. The summed E-state index contributed by atoms with van der Waals surface area (Å²) in [7, 11) is 0. The van der Waals surface area contributed by atoms with Crippen molar-refractivity contribution in [3.8, 4) is 5.75 Å². The third-order valence-electron chi connectivity index (χ3n) is 2.08. The Labute approximate surface area is 103 Å². The third-order valence-corrected chi connectivity index (χ3v) is 2.32. The number of benzene rings is 1. The number of phenols is 1. The molecule has 0 spiro atoms. The van der Waals surface area contributed by atoms with E-state index < -0.39 is 5.97 Å². The van der Waals surface area contributed by atoms with Crippen molar-refractivity contribution in [2.45, 2.75) is 19.4 Å². The molecule has 0 unspecified atom stereocenters. The maximum absolute atomic E-state index is 11.2. The minimum atomic E-state index is -1.02. The zero-order valence-corrected chi connectivity index (χ0v) is 9.70. The Morgan fingerprint density at radius 2 is 2.00 bits per heavy atom. The first kappa shape index (κ1) is 13.3. The van der Waals surface area contributed by atoms with Gasteiger partial charge in [-0.05, 0) is 18.2 Å². The standard InChI is InChI=1S/C11H12ClNO4/c12-8-1-2-9(14)7(5-8)6-13-10(15)3-4-11(16)17/h1-2,5,14H,3-4,6H2,(H,13,15)(H,16,17). The quantitative estimate of drug-likeness (QED) is 0.747. The van der Waals surface area contributed by atoms with Gasteiger partial charge in [0.05, 0.1) is 6.42 Å². The Morgan fingerprint density at radius 3 is 2.65 bits per heavy atom. The highest BCUT2D eigenvalue weighted by molar-refractivity contribution is 6.30. The van der Waals surface area contributed by atoms with Crippen molar-refractivity contribution in [1.29, 1.82) is 0 Å². The predicted octanol–water partition coefficient (Wildman–Crippen LogP) is 1.53.